The quantitative estimate of drug-likeness (QED) is 0.303. The monoisotopic (exact) mass is 202 g/mol. The van der Waals surface area contributed by atoms with Crippen LogP contribution < -0.4 is 4.74 Å². The Morgan fingerprint density at radius 1 is 1.20 bits per heavy atom. The second-order valence-corrected chi connectivity index (χ2v) is 4.20. The zero-order valence-electron chi connectivity index (χ0n) is 9.20. The van der Waals surface area contributed by atoms with Crippen LogP contribution in [0.25, 0.3) is 0 Å². The predicted octanol–water partition coefficient (Wildman–Crippen LogP) is 2.64. The summed E-state index contributed by atoms with van der Waals surface area (Å²) in [5.74, 6) is 5.28. The number of ether oxygens (including phenoxy) is 1. The maximum absolute atomic E-state index is 11.3. The number of rotatable bonds is 1. The van der Waals surface area contributed by atoms with Gasteiger partial charge in [0.25, 0.3) is 0 Å². The Hall–Kier alpha value is -1.75. The van der Waals surface area contributed by atoms with Gasteiger partial charge in [0.1, 0.15) is 5.75 Å². The molecule has 0 fully saturated rings. The smallest absolute Gasteiger partial charge is 0.389 e. The first kappa shape index (κ1) is 11.3. The molecule has 0 saturated heterocycles. The summed E-state index contributed by atoms with van der Waals surface area (Å²) >= 11 is 0. The van der Waals surface area contributed by atoms with Crippen LogP contribution >= 0.6 is 0 Å². The summed E-state index contributed by atoms with van der Waals surface area (Å²) < 4.78 is 5.00. The first-order chi connectivity index (χ1) is 6.97. The van der Waals surface area contributed by atoms with Gasteiger partial charge in [0.05, 0.1) is 0 Å². The lowest BCUT2D eigenvalue weighted by Gasteiger charge is -2.06. The molecule has 0 radical (unpaired) electrons. The van der Waals surface area contributed by atoms with Crippen LogP contribution in [0.1, 0.15) is 20.8 Å². The molecule has 1 aromatic rings. The summed E-state index contributed by atoms with van der Waals surface area (Å²) in [6.45, 7) is 5.82. The molecule has 0 amide bonds. The van der Waals surface area contributed by atoms with Crippen molar-refractivity contribution in [3.8, 4) is 17.6 Å². The molecule has 0 spiro atoms. The van der Waals surface area contributed by atoms with E-state index in [4.69, 9.17) is 4.74 Å². The Labute approximate surface area is 90.3 Å². The van der Waals surface area contributed by atoms with E-state index in [1.807, 2.05) is 26.8 Å². The van der Waals surface area contributed by atoms with Crippen LogP contribution in [0.4, 0.5) is 0 Å². The molecule has 0 aliphatic carbocycles. The number of benzene rings is 1. The number of para-hydroxylation sites is 1. The molecular weight excluding hydrogens is 188 g/mol. The highest BCUT2D eigenvalue weighted by Gasteiger charge is 2.05. The molecule has 1 rings (SSSR count). The van der Waals surface area contributed by atoms with Crippen molar-refractivity contribution in [2.45, 2.75) is 20.8 Å². The van der Waals surface area contributed by atoms with Crippen LogP contribution in [-0.4, -0.2) is 5.97 Å². The lowest BCUT2D eigenvalue weighted by Crippen LogP contribution is -2.07. The summed E-state index contributed by atoms with van der Waals surface area (Å²) in [5.41, 5.74) is -0.185. The van der Waals surface area contributed by atoms with Crippen molar-refractivity contribution in [3.63, 3.8) is 0 Å². The fraction of sp³-hybridized carbons (Fsp3) is 0.308. The molecule has 0 bridgehead atoms. The van der Waals surface area contributed by atoms with Crippen molar-refractivity contribution in [1.29, 1.82) is 0 Å². The normalized spacial score (nSPS) is 10.1. The third-order valence-electron chi connectivity index (χ3n) is 1.49. The summed E-state index contributed by atoms with van der Waals surface area (Å²) in [5, 5.41) is 0. The van der Waals surface area contributed by atoms with E-state index < -0.39 is 5.97 Å². The highest BCUT2D eigenvalue weighted by molar-refractivity contribution is 5.90. The van der Waals surface area contributed by atoms with Gasteiger partial charge >= 0.3 is 5.97 Å². The first-order valence-electron chi connectivity index (χ1n) is 4.77. The molecule has 0 aromatic heterocycles. The Morgan fingerprint density at radius 2 is 1.80 bits per heavy atom. The zero-order valence-corrected chi connectivity index (χ0v) is 9.20. The average molecular weight is 202 g/mol. The maximum atomic E-state index is 11.3. The van der Waals surface area contributed by atoms with Crippen LogP contribution in [0.15, 0.2) is 30.3 Å². The molecule has 0 saturated carbocycles. The summed E-state index contributed by atoms with van der Waals surface area (Å²) in [6.07, 6.45) is 0. The SMILES string of the molecule is CC(C)(C)C#CC(=O)Oc1ccccc1. The summed E-state index contributed by atoms with van der Waals surface area (Å²) in [6, 6.07) is 8.91. The molecule has 0 N–H and O–H groups in total. The minimum Gasteiger partial charge on any atom is -0.417 e. The second kappa shape index (κ2) is 4.65. The Morgan fingerprint density at radius 3 is 2.33 bits per heavy atom. The van der Waals surface area contributed by atoms with E-state index in [2.05, 4.69) is 11.8 Å². The number of hydrogen-bond donors (Lipinski definition) is 0. The lowest BCUT2D eigenvalue weighted by atomic mass is 9.98. The lowest BCUT2D eigenvalue weighted by molar-refractivity contribution is -0.128. The minimum absolute atomic E-state index is 0.185. The molecule has 2 heteroatoms. The predicted molar refractivity (Wildman–Crippen MR) is 59.3 cm³/mol. The topological polar surface area (TPSA) is 26.3 Å². The van der Waals surface area contributed by atoms with Gasteiger partial charge in [0.15, 0.2) is 0 Å². The highest BCUT2D eigenvalue weighted by Crippen LogP contribution is 2.11. The van der Waals surface area contributed by atoms with E-state index in [1.54, 1.807) is 24.3 Å². The van der Waals surface area contributed by atoms with E-state index in [9.17, 15) is 4.79 Å². The Balaban J connectivity index is 2.61. The van der Waals surface area contributed by atoms with Gasteiger partial charge in [0.2, 0.25) is 0 Å². The molecule has 0 aliphatic heterocycles. The Kier molecular flexibility index (Phi) is 3.51. The molecule has 0 heterocycles. The number of carbonyl (C=O) groups is 1. The third-order valence-corrected chi connectivity index (χ3v) is 1.49. The molecule has 0 aliphatic rings. The molecular formula is C13H14O2. The fourth-order valence-corrected chi connectivity index (χ4v) is 0.860. The second-order valence-electron chi connectivity index (χ2n) is 4.20. The van der Waals surface area contributed by atoms with Crippen molar-refractivity contribution < 1.29 is 9.53 Å². The van der Waals surface area contributed by atoms with Gasteiger partial charge in [-0.3, -0.25) is 0 Å². The van der Waals surface area contributed by atoms with E-state index >= 15 is 0 Å². The average Bonchev–Trinajstić information content (AvgIpc) is 2.15. The van der Waals surface area contributed by atoms with Gasteiger partial charge < -0.3 is 4.74 Å². The maximum Gasteiger partial charge on any atom is 0.389 e. The number of carbonyl (C=O) groups excluding carboxylic acids is 1. The van der Waals surface area contributed by atoms with Crippen molar-refractivity contribution in [2.75, 3.05) is 0 Å². The van der Waals surface area contributed by atoms with E-state index in [0.717, 1.165) is 0 Å². The summed E-state index contributed by atoms with van der Waals surface area (Å²) in [4.78, 5) is 11.3. The van der Waals surface area contributed by atoms with Crippen molar-refractivity contribution in [3.05, 3.63) is 30.3 Å². The van der Waals surface area contributed by atoms with Gasteiger partial charge in [-0.2, -0.15) is 0 Å². The molecule has 0 unspecified atom stereocenters. The van der Waals surface area contributed by atoms with Crippen molar-refractivity contribution in [1.82, 2.24) is 0 Å². The van der Waals surface area contributed by atoms with Crippen LogP contribution in [-0.2, 0) is 4.79 Å². The molecule has 78 valence electrons. The standard InChI is InChI=1S/C13H14O2/c1-13(2,3)10-9-12(14)15-11-7-5-4-6-8-11/h4-8H,1-3H3. The molecule has 2 nitrogen and oxygen atoms in total. The molecule has 0 atom stereocenters. The number of hydrogen-bond acceptors (Lipinski definition) is 2. The van der Waals surface area contributed by atoms with Crippen LogP contribution in [0, 0.1) is 17.3 Å². The largest absolute Gasteiger partial charge is 0.417 e. The van der Waals surface area contributed by atoms with E-state index in [1.165, 1.54) is 0 Å². The van der Waals surface area contributed by atoms with Crippen molar-refractivity contribution in [2.24, 2.45) is 5.41 Å². The van der Waals surface area contributed by atoms with Gasteiger partial charge in [-0.1, -0.05) is 24.1 Å². The van der Waals surface area contributed by atoms with Gasteiger partial charge in [-0.05, 0) is 32.9 Å². The minimum atomic E-state index is -0.517. The number of esters is 1. The fourth-order valence-electron chi connectivity index (χ4n) is 0.860. The first-order valence-corrected chi connectivity index (χ1v) is 4.77. The van der Waals surface area contributed by atoms with Gasteiger partial charge in [0, 0.05) is 11.3 Å². The van der Waals surface area contributed by atoms with Crippen LogP contribution in [0.5, 0.6) is 5.75 Å². The van der Waals surface area contributed by atoms with Crippen LogP contribution in [0.3, 0.4) is 0 Å². The highest BCUT2D eigenvalue weighted by atomic mass is 16.5. The third kappa shape index (κ3) is 4.87. The van der Waals surface area contributed by atoms with E-state index in [0.29, 0.717) is 5.75 Å². The molecule has 15 heavy (non-hydrogen) atoms. The van der Waals surface area contributed by atoms with Crippen LogP contribution in [0.2, 0.25) is 0 Å². The van der Waals surface area contributed by atoms with Crippen molar-refractivity contribution >= 4 is 5.97 Å². The summed E-state index contributed by atoms with van der Waals surface area (Å²) in [7, 11) is 0. The van der Waals surface area contributed by atoms with Gasteiger partial charge in [-0.25, -0.2) is 4.79 Å². The van der Waals surface area contributed by atoms with E-state index in [-0.39, 0.29) is 5.41 Å². The van der Waals surface area contributed by atoms with Gasteiger partial charge in [-0.15, -0.1) is 0 Å². The Bertz CT molecular complexity index is 388. The molecule has 1 aromatic carbocycles. The zero-order chi connectivity index (χ0) is 11.3.